The Morgan fingerprint density at radius 1 is 1.03 bits per heavy atom. The summed E-state index contributed by atoms with van der Waals surface area (Å²) in [7, 11) is 3.85. The van der Waals surface area contributed by atoms with Crippen LogP contribution in [0.3, 0.4) is 0 Å². The number of hydrogen-bond donors (Lipinski definition) is 2. The van der Waals surface area contributed by atoms with Crippen molar-refractivity contribution < 1.29 is 22.7 Å². The lowest BCUT2D eigenvalue weighted by Gasteiger charge is -2.11. The maximum Gasteiger partial charge on any atom is 0.573 e. The number of hydrogen-bond acceptors (Lipinski definition) is 7. The smallest absolute Gasteiger partial charge is 0.406 e. The van der Waals surface area contributed by atoms with Crippen LogP contribution in [0.5, 0.6) is 5.75 Å². The van der Waals surface area contributed by atoms with Crippen LogP contribution in [0, 0.1) is 0 Å². The lowest BCUT2D eigenvalue weighted by Crippen LogP contribution is -2.31. The summed E-state index contributed by atoms with van der Waals surface area (Å²) in [5.74, 6) is 0.0867. The van der Waals surface area contributed by atoms with Crippen molar-refractivity contribution in [3.05, 3.63) is 60.4 Å². The Kier molecular flexibility index (Phi) is 7.21. The molecule has 0 saturated carbocycles. The molecule has 0 bridgehead atoms. The number of halogens is 3. The highest BCUT2D eigenvalue weighted by atomic mass is 19.4. The van der Waals surface area contributed by atoms with Crippen molar-refractivity contribution in [2.24, 2.45) is 0 Å². The molecule has 0 spiro atoms. The number of amides is 1. The van der Waals surface area contributed by atoms with Crippen LogP contribution in [0.2, 0.25) is 0 Å². The van der Waals surface area contributed by atoms with E-state index < -0.39 is 6.36 Å². The Bertz CT molecular complexity index is 1040. The second kappa shape index (κ2) is 10.1. The summed E-state index contributed by atoms with van der Waals surface area (Å²) in [6.45, 7) is 1.28. The minimum absolute atomic E-state index is 0.172. The summed E-state index contributed by atoms with van der Waals surface area (Å²) >= 11 is 0. The van der Waals surface area contributed by atoms with Gasteiger partial charge in [-0.3, -0.25) is 4.79 Å². The number of nitrogens with zero attached hydrogens (tertiary/aromatic N) is 4. The van der Waals surface area contributed by atoms with Crippen molar-refractivity contribution in [2.45, 2.75) is 6.36 Å². The van der Waals surface area contributed by atoms with Gasteiger partial charge in [-0.05, 0) is 50.5 Å². The van der Waals surface area contributed by atoms with E-state index in [9.17, 15) is 18.0 Å². The summed E-state index contributed by atoms with van der Waals surface area (Å²) < 4.78 is 40.6. The maximum atomic E-state index is 12.3. The van der Waals surface area contributed by atoms with Crippen molar-refractivity contribution in [1.29, 1.82) is 0 Å². The molecule has 2 N–H and O–H groups in total. The first-order valence-electron chi connectivity index (χ1n) is 9.55. The average Bonchev–Trinajstić information content (AvgIpc) is 2.74. The molecule has 0 radical (unpaired) electrons. The predicted molar refractivity (Wildman–Crippen MR) is 113 cm³/mol. The van der Waals surface area contributed by atoms with Gasteiger partial charge in [0.15, 0.2) is 5.82 Å². The largest absolute Gasteiger partial charge is 0.573 e. The van der Waals surface area contributed by atoms with Crippen molar-refractivity contribution in [3.63, 3.8) is 0 Å². The van der Waals surface area contributed by atoms with Gasteiger partial charge in [-0.25, -0.2) is 9.97 Å². The Balaban J connectivity index is 1.65. The molecule has 1 aromatic heterocycles. The quantitative estimate of drug-likeness (QED) is 0.547. The lowest BCUT2D eigenvalue weighted by molar-refractivity contribution is -0.274. The Labute approximate surface area is 182 Å². The molecule has 0 aliphatic heterocycles. The van der Waals surface area contributed by atoms with Gasteiger partial charge in [0.05, 0.1) is 0 Å². The summed E-state index contributed by atoms with van der Waals surface area (Å²) in [4.78, 5) is 26.6. The number of carbonyl (C=O) groups is 1. The van der Waals surface area contributed by atoms with Gasteiger partial charge >= 0.3 is 6.36 Å². The van der Waals surface area contributed by atoms with E-state index in [4.69, 9.17) is 0 Å². The number of benzene rings is 2. The highest BCUT2D eigenvalue weighted by Gasteiger charge is 2.30. The number of rotatable bonds is 8. The fourth-order valence-corrected chi connectivity index (χ4v) is 2.63. The maximum absolute atomic E-state index is 12.3. The SMILES string of the molecule is CN(C)CCNC(=O)c1ccc(-c2ncnc(Nc3ccc(OC(F)(F)F)cc3)n2)cc1. The number of nitrogens with one attached hydrogen (secondary N) is 2. The molecule has 2 aromatic carbocycles. The average molecular weight is 446 g/mol. The van der Waals surface area contributed by atoms with Crippen LogP contribution in [-0.4, -0.2) is 59.3 Å². The Morgan fingerprint density at radius 2 is 1.72 bits per heavy atom. The number of carbonyl (C=O) groups excluding carboxylic acids is 1. The van der Waals surface area contributed by atoms with Crippen molar-refractivity contribution in [3.8, 4) is 17.1 Å². The molecule has 168 valence electrons. The molecule has 0 atom stereocenters. The minimum Gasteiger partial charge on any atom is -0.406 e. The number of likely N-dealkylation sites (N-methyl/N-ethyl adjacent to an activating group) is 1. The second-order valence-corrected chi connectivity index (χ2v) is 6.97. The molecule has 11 heteroatoms. The van der Waals surface area contributed by atoms with E-state index >= 15 is 0 Å². The van der Waals surface area contributed by atoms with Crippen LogP contribution in [0.15, 0.2) is 54.9 Å². The monoisotopic (exact) mass is 446 g/mol. The van der Waals surface area contributed by atoms with Crippen molar-refractivity contribution in [2.75, 3.05) is 32.5 Å². The van der Waals surface area contributed by atoms with E-state index in [1.165, 1.54) is 30.6 Å². The molecule has 0 aliphatic rings. The third-order valence-electron chi connectivity index (χ3n) is 4.17. The molecule has 0 aliphatic carbocycles. The van der Waals surface area contributed by atoms with Crippen LogP contribution in [0.4, 0.5) is 24.8 Å². The zero-order valence-corrected chi connectivity index (χ0v) is 17.3. The lowest BCUT2D eigenvalue weighted by atomic mass is 10.1. The Morgan fingerprint density at radius 3 is 2.34 bits per heavy atom. The molecule has 0 saturated heterocycles. The van der Waals surface area contributed by atoms with E-state index in [1.807, 2.05) is 19.0 Å². The van der Waals surface area contributed by atoms with Crippen LogP contribution in [0.25, 0.3) is 11.4 Å². The van der Waals surface area contributed by atoms with E-state index in [-0.39, 0.29) is 17.6 Å². The van der Waals surface area contributed by atoms with Gasteiger partial charge in [-0.15, -0.1) is 13.2 Å². The highest BCUT2D eigenvalue weighted by molar-refractivity contribution is 5.94. The van der Waals surface area contributed by atoms with Gasteiger partial charge in [-0.2, -0.15) is 4.98 Å². The molecule has 1 amide bonds. The molecule has 3 rings (SSSR count). The Hall–Kier alpha value is -3.73. The van der Waals surface area contributed by atoms with E-state index in [1.54, 1.807) is 24.3 Å². The second-order valence-electron chi connectivity index (χ2n) is 6.97. The standard InChI is InChI=1S/C21H21F3N6O2/c1-30(2)12-11-25-19(31)15-5-3-14(4-6-15)18-26-13-27-20(29-18)28-16-7-9-17(10-8-16)32-21(22,23)24/h3-10,13H,11-12H2,1-2H3,(H,25,31)(H,26,27,28,29). The van der Waals surface area contributed by atoms with Gasteiger partial charge in [0.25, 0.3) is 5.91 Å². The number of alkyl halides is 3. The van der Waals surface area contributed by atoms with Crippen LogP contribution < -0.4 is 15.4 Å². The zero-order valence-electron chi connectivity index (χ0n) is 17.3. The molecule has 0 fully saturated rings. The normalized spacial score (nSPS) is 11.3. The van der Waals surface area contributed by atoms with E-state index in [2.05, 4.69) is 30.3 Å². The fourth-order valence-electron chi connectivity index (χ4n) is 2.63. The summed E-state index contributed by atoms with van der Waals surface area (Å²) in [6.07, 6.45) is -3.44. The van der Waals surface area contributed by atoms with E-state index in [0.717, 1.165) is 6.54 Å². The first kappa shape index (κ1) is 22.9. The van der Waals surface area contributed by atoms with Crippen molar-refractivity contribution in [1.82, 2.24) is 25.2 Å². The van der Waals surface area contributed by atoms with Crippen LogP contribution in [0.1, 0.15) is 10.4 Å². The molecule has 1 heterocycles. The first-order chi connectivity index (χ1) is 15.2. The third kappa shape index (κ3) is 6.91. The van der Waals surface area contributed by atoms with Gasteiger partial charge in [0.2, 0.25) is 5.95 Å². The zero-order chi connectivity index (χ0) is 23.1. The molecule has 0 unspecified atom stereocenters. The van der Waals surface area contributed by atoms with E-state index in [0.29, 0.717) is 29.2 Å². The number of ether oxygens (including phenoxy) is 1. The topological polar surface area (TPSA) is 92.3 Å². The fraction of sp³-hybridized carbons (Fsp3) is 0.238. The van der Waals surface area contributed by atoms with Gasteiger partial charge in [0.1, 0.15) is 12.1 Å². The molecule has 3 aromatic rings. The minimum atomic E-state index is -4.75. The third-order valence-corrected chi connectivity index (χ3v) is 4.17. The first-order valence-corrected chi connectivity index (χ1v) is 9.55. The van der Waals surface area contributed by atoms with Crippen LogP contribution in [-0.2, 0) is 0 Å². The van der Waals surface area contributed by atoms with Gasteiger partial charge in [0, 0.05) is 29.9 Å². The van der Waals surface area contributed by atoms with Crippen LogP contribution >= 0.6 is 0 Å². The molecule has 32 heavy (non-hydrogen) atoms. The van der Waals surface area contributed by atoms with Gasteiger partial charge in [-0.1, -0.05) is 12.1 Å². The highest BCUT2D eigenvalue weighted by Crippen LogP contribution is 2.25. The predicted octanol–water partition coefficient (Wildman–Crippen LogP) is 3.47. The van der Waals surface area contributed by atoms with Crippen molar-refractivity contribution >= 4 is 17.5 Å². The summed E-state index contributed by atoms with van der Waals surface area (Å²) in [5.41, 5.74) is 1.66. The number of anilines is 2. The molecular weight excluding hydrogens is 425 g/mol. The number of aromatic nitrogens is 3. The molecule has 8 nitrogen and oxygen atoms in total. The summed E-state index contributed by atoms with van der Waals surface area (Å²) in [6, 6.07) is 12.0. The molecular formula is C21H21F3N6O2. The van der Waals surface area contributed by atoms with Gasteiger partial charge < -0.3 is 20.3 Å². The summed E-state index contributed by atoms with van der Waals surface area (Å²) in [5, 5.41) is 5.74.